The van der Waals surface area contributed by atoms with Crippen molar-refractivity contribution in [3.8, 4) is 0 Å². The standard InChI is InChI=1S/C19H17FN2O4/c1-21-19(25)14-6-9-15(10-7-14)22-17(23)12-26-18(24)11-8-13-4-2-3-5-16(13)20/h2-11H,12H2,1H3,(H,21,25)(H,22,23)/b11-8+. The van der Waals surface area contributed by atoms with Crippen LogP contribution in [0, 0.1) is 5.82 Å². The Kier molecular flexibility index (Phi) is 6.61. The maximum Gasteiger partial charge on any atom is 0.331 e. The van der Waals surface area contributed by atoms with E-state index < -0.39 is 24.3 Å². The van der Waals surface area contributed by atoms with Gasteiger partial charge in [-0.15, -0.1) is 0 Å². The molecule has 2 N–H and O–H groups in total. The summed E-state index contributed by atoms with van der Waals surface area (Å²) in [6.45, 7) is -0.488. The van der Waals surface area contributed by atoms with Gasteiger partial charge in [-0.25, -0.2) is 9.18 Å². The predicted molar refractivity (Wildman–Crippen MR) is 94.9 cm³/mol. The fourth-order valence-corrected chi connectivity index (χ4v) is 2.00. The normalized spacial score (nSPS) is 10.4. The Balaban J connectivity index is 1.82. The first-order valence-electron chi connectivity index (χ1n) is 7.71. The maximum absolute atomic E-state index is 13.4. The highest BCUT2D eigenvalue weighted by atomic mass is 19.1. The molecule has 2 aromatic rings. The molecule has 0 aromatic heterocycles. The highest BCUT2D eigenvalue weighted by Gasteiger charge is 2.07. The number of hydrogen-bond donors (Lipinski definition) is 2. The first-order valence-corrected chi connectivity index (χ1v) is 7.71. The molecule has 0 aliphatic heterocycles. The Hall–Kier alpha value is -3.48. The Morgan fingerprint density at radius 1 is 1.08 bits per heavy atom. The smallest absolute Gasteiger partial charge is 0.331 e. The van der Waals surface area contributed by atoms with Gasteiger partial charge in [0.25, 0.3) is 11.8 Å². The zero-order valence-corrected chi connectivity index (χ0v) is 14.0. The van der Waals surface area contributed by atoms with Gasteiger partial charge in [0.05, 0.1) is 0 Å². The van der Waals surface area contributed by atoms with Crippen LogP contribution in [0.2, 0.25) is 0 Å². The third-order valence-corrected chi connectivity index (χ3v) is 3.31. The molecule has 2 aromatic carbocycles. The van der Waals surface area contributed by atoms with E-state index in [0.717, 1.165) is 6.08 Å². The van der Waals surface area contributed by atoms with Crippen LogP contribution in [-0.2, 0) is 14.3 Å². The zero-order valence-electron chi connectivity index (χ0n) is 14.0. The summed E-state index contributed by atoms with van der Waals surface area (Å²) in [6, 6.07) is 12.2. The number of rotatable bonds is 6. The molecule has 0 heterocycles. The molecule has 0 radical (unpaired) electrons. The minimum absolute atomic E-state index is 0.238. The van der Waals surface area contributed by atoms with Crippen LogP contribution in [0.25, 0.3) is 6.08 Å². The summed E-state index contributed by atoms with van der Waals surface area (Å²) in [6.07, 6.45) is 2.32. The van der Waals surface area contributed by atoms with Crippen molar-refractivity contribution in [1.82, 2.24) is 5.32 Å². The first-order chi connectivity index (χ1) is 12.5. The average molecular weight is 356 g/mol. The lowest BCUT2D eigenvalue weighted by atomic mass is 10.2. The molecule has 0 spiro atoms. The number of esters is 1. The number of amides is 2. The quantitative estimate of drug-likeness (QED) is 0.615. The van der Waals surface area contributed by atoms with Gasteiger partial charge in [0.15, 0.2) is 6.61 Å². The summed E-state index contributed by atoms with van der Waals surface area (Å²) < 4.78 is 18.2. The number of ether oxygens (including phenoxy) is 1. The number of anilines is 1. The fraction of sp³-hybridized carbons (Fsp3) is 0.105. The summed E-state index contributed by atoms with van der Waals surface area (Å²) in [4.78, 5) is 34.8. The lowest BCUT2D eigenvalue weighted by molar-refractivity contribution is -0.142. The van der Waals surface area contributed by atoms with Crippen LogP contribution in [-0.4, -0.2) is 31.4 Å². The van der Waals surface area contributed by atoms with Gasteiger partial charge in [-0.3, -0.25) is 9.59 Å². The van der Waals surface area contributed by atoms with E-state index in [4.69, 9.17) is 4.74 Å². The van der Waals surface area contributed by atoms with Crippen LogP contribution >= 0.6 is 0 Å². The highest BCUT2D eigenvalue weighted by molar-refractivity contribution is 5.96. The Morgan fingerprint density at radius 3 is 2.42 bits per heavy atom. The van der Waals surface area contributed by atoms with E-state index in [2.05, 4.69) is 10.6 Å². The fourth-order valence-electron chi connectivity index (χ4n) is 2.00. The molecule has 6 nitrogen and oxygen atoms in total. The van der Waals surface area contributed by atoms with Gasteiger partial charge in [0.1, 0.15) is 5.82 Å². The molecule has 0 saturated carbocycles. The highest BCUT2D eigenvalue weighted by Crippen LogP contribution is 2.10. The molecule has 0 fully saturated rings. The van der Waals surface area contributed by atoms with Gasteiger partial charge in [-0.2, -0.15) is 0 Å². The maximum atomic E-state index is 13.4. The van der Waals surface area contributed by atoms with Crippen LogP contribution in [0.4, 0.5) is 10.1 Å². The van der Waals surface area contributed by atoms with Gasteiger partial charge < -0.3 is 15.4 Å². The lowest BCUT2D eigenvalue weighted by Crippen LogP contribution is -2.20. The summed E-state index contributed by atoms with van der Waals surface area (Å²) in [5, 5.41) is 5.02. The summed E-state index contributed by atoms with van der Waals surface area (Å²) in [7, 11) is 1.52. The SMILES string of the molecule is CNC(=O)c1ccc(NC(=O)COC(=O)/C=C/c2ccccc2F)cc1. The van der Waals surface area contributed by atoms with Crippen molar-refractivity contribution in [1.29, 1.82) is 0 Å². The Bertz CT molecular complexity index is 832. The second kappa shape index (κ2) is 9.12. The molecule has 0 saturated heterocycles. The van der Waals surface area contributed by atoms with Crippen molar-refractivity contribution in [2.75, 3.05) is 19.0 Å². The molecule has 0 aliphatic rings. The van der Waals surface area contributed by atoms with Crippen molar-refractivity contribution >= 4 is 29.5 Å². The van der Waals surface area contributed by atoms with E-state index >= 15 is 0 Å². The number of halogens is 1. The monoisotopic (exact) mass is 356 g/mol. The molecule has 0 atom stereocenters. The van der Waals surface area contributed by atoms with E-state index in [9.17, 15) is 18.8 Å². The van der Waals surface area contributed by atoms with Crippen LogP contribution in [0.1, 0.15) is 15.9 Å². The van der Waals surface area contributed by atoms with E-state index in [0.29, 0.717) is 11.3 Å². The number of nitrogens with one attached hydrogen (secondary N) is 2. The summed E-state index contributed by atoms with van der Waals surface area (Å²) in [5.74, 6) is -2.00. The third-order valence-electron chi connectivity index (χ3n) is 3.31. The minimum atomic E-state index is -0.765. The zero-order chi connectivity index (χ0) is 18.9. The van der Waals surface area contributed by atoms with Crippen molar-refractivity contribution in [3.05, 3.63) is 71.6 Å². The van der Waals surface area contributed by atoms with Gasteiger partial charge in [0, 0.05) is 29.9 Å². The van der Waals surface area contributed by atoms with Gasteiger partial charge in [-0.05, 0) is 36.4 Å². The Labute approximate surface area is 149 Å². The topological polar surface area (TPSA) is 84.5 Å². The van der Waals surface area contributed by atoms with Crippen LogP contribution in [0.3, 0.4) is 0 Å². The van der Waals surface area contributed by atoms with Crippen LogP contribution in [0.15, 0.2) is 54.6 Å². The average Bonchev–Trinajstić information content (AvgIpc) is 2.65. The minimum Gasteiger partial charge on any atom is -0.452 e. The number of hydrogen-bond acceptors (Lipinski definition) is 4. The molecular weight excluding hydrogens is 339 g/mol. The summed E-state index contributed by atoms with van der Waals surface area (Å²) >= 11 is 0. The number of benzene rings is 2. The van der Waals surface area contributed by atoms with Crippen molar-refractivity contribution in [3.63, 3.8) is 0 Å². The van der Waals surface area contributed by atoms with Crippen molar-refractivity contribution in [2.24, 2.45) is 0 Å². The van der Waals surface area contributed by atoms with Crippen molar-refractivity contribution < 1.29 is 23.5 Å². The molecular formula is C19H17FN2O4. The van der Waals surface area contributed by atoms with E-state index in [1.54, 1.807) is 30.3 Å². The molecule has 7 heteroatoms. The predicted octanol–water partition coefficient (Wildman–Crippen LogP) is 2.38. The third kappa shape index (κ3) is 5.55. The van der Waals surface area contributed by atoms with Gasteiger partial charge in [-0.1, -0.05) is 18.2 Å². The van der Waals surface area contributed by atoms with Crippen molar-refractivity contribution in [2.45, 2.75) is 0 Å². The number of carbonyl (C=O) groups excluding carboxylic acids is 3. The van der Waals surface area contributed by atoms with Crippen LogP contribution in [0.5, 0.6) is 0 Å². The van der Waals surface area contributed by atoms with E-state index in [1.807, 2.05) is 0 Å². The lowest BCUT2D eigenvalue weighted by Gasteiger charge is -2.06. The molecule has 0 aliphatic carbocycles. The van der Waals surface area contributed by atoms with Gasteiger partial charge >= 0.3 is 5.97 Å². The van der Waals surface area contributed by atoms with Gasteiger partial charge in [0.2, 0.25) is 0 Å². The molecule has 0 unspecified atom stereocenters. The molecule has 26 heavy (non-hydrogen) atoms. The molecule has 0 bridgehead atoms. The first kappa shape index (κ1) is 18.9. The largest absolute Gasteiger partial charge is 0.452 e. The molecule has 2 rings (SSSR count). The molecule has 2 amide bonds. The Morgan fingerprint density at radius 2 is 1.77 bits per heavy atom. The van der Waals surface area contributed by atoms with Crippen LogP contribution < -0.4 is 10.6 Å². The molecule has 134 valence electrons. The number of carbonyl (C=O) groups is 3. The second-order valence-corrected chi connectivity index (χ2v) is 5.17. The van der Waals surface area contributed by atoms with E-state index in [1.165, 1.54) is 31.3 Å². The second-order valence-electron chi connectivity index (χ2n) is 5.17. The van der Waals surface area contributed by atoms with E-state index in [-0.39, 0.29) is 11.5 Å². The summed E-state index contributed by atoms with van der Waals surface area (Å²) in [5.41, 5.74) is 1.15.